The molecule has 1 aromatic heterocycles. The van der Waals surface area contributed by atoms with Crippen molar-refractivity contribution in [2.75, 3.05) is 14.2 Å². The normalized spacial score (nSPS) is 11.9. The second-order valence-electron chi connectivity index (χ2n) is 5.99. The SMILES string of the molecule is COC(=O)C(C)Sc1nnc(-c2cccc(OC)c2)n1-c1ccc(C)cc1. The van der Waals surface area contributed by atoms with Crippen LogP contribution < -0.4 is 4.74 Å². The van der Waals surface area contributed by atoms with Gasteiger partial charge in [-0.1, -0.05) is 41.6 Å². The van der Waals surface area contributed by atoms with Crippen molar-refractivity contribution in [3.8, 4) is 22.8 Å². The van der Waals surface area contributed by atoms with Crippen LogP contribution >= 0.6 is 11.8 Å². The van der Waals surface area contributed by atoms with E-state index in [9.17, 15) is 4.79 Å². The maximum Gasteiger partial charge on any atom is 0.318 e. The molecule has 0 bridgehead atoms. The molecule has 0 N–H and O–H groups in total. The summed E-state index contributed by atoms with van der Waals surface area (Å²) in [5.41, 5.74) is 2.95. The van der Waals surface area contributed by atoms with Gasteiger partial charge >= 0.3 is 5.97 Å². The van der Waals surface area contributed by atoms with Crippen molar-refractivity contribution < 1.29 is 14.3 Å². The first kappa shape index (κ1) is 19.0. The van der Waals surface area contributed by atoms with Crippen LogP contribution in [-0.4, -0.2) is 40.2 Å². The summed E-state index contributed by atoms with van der Waals surface area (Å²) in [6.45, 7) is 3.82. The Kier molecular flexibility index (Phi) is 5.81. The van der Waals surface area contributed by atoms with E-state index < -0.39 is 5.25 Å². The van der Waals surface area contributed by atoms with E-state index in [-0.39, 0.29) is 5.97 Å². The van der Waals surface area contributed by atoms with Crippen LogP contribution in [-0.2, 0) is 9.53 Å². The van der Waals surface area contributed by atoms with Crippen LogP contribution in [0, 0.1) is 6.92 Å². The number of aromatic nitrogens is 3. The first-order valence-corrected chi connectivity index (χ1v) is 9.33. The number of esters is 1. The fourth-order valence-electron chi connectivity index (χ4n) is 2.59. The van der Waals surface area contributed by atoms with Gasteiger partial charge in [0.25, 0.3) is 0 Å². The molecule has 3 rings (SSSR count). The van der Waals surface area contributed by atoms with Crippen molar-refractivity contribution in [1.29, 1.82) is 0 Å². The summed E-state index contributed by atoms with van der Waals surface area (Å²) >= 11 is 1.31. The van der Waals surface area contributed by atoms with E-state index in [2.05, 4.69) is 10.2 Å². The summed E-state index contributed by atoms with van der Waals surface area (Å²) in [6.07, 6.45) is 0. The Balaban J connectivity index is 2.10. The number of thioether (sulfide) groups is 1. The molecule has 0 aliphatic carbocycles. The Morgan fingerprint density at radius 1 is 1.11 bits per heavy atom. The molecule has 0 fully saturated rings. The number of ether oxygens (including phenoxy) is 2. The number of carbonyl (C=O) groups is 1. The Morgan fingerprint density at radius 2 is 1.85 bits per heavy atom. The highest BCUT2D eigenvalue weighted by atomic mass is 32.2. The van der Waals surface area contributed by atoms with Crippen LogP contribution in [0.5, 0.6) is 5.75 Å². The lowest BCUT2D eigenvalue weighted by atomic mass is 10.2. The maximum absolute atomic E-state index is 11.9. The number of rotatable bonds is 6. The molecule has 0 radical (unpaired) electrons. The third kappa shape index (κ3) is 4.14. The number of hydrogen-bond donors (Lipinski definition) is 0. The lowest BCUT2D eigenvalue weighted by molar-refractivity contribution is -0.139. The van der Waals surface area contributed by atoms with E-state index in [4.69, 9.17) is 9.47 Å². The summed E-state index contributed by atoms with van der Waals surface area (Å²) in [7, 11) is 3.01. The number of aryl methyl sites for hydroxylation is 1. The molecule has 0 saturated heterocycles. The van der Waals surface area contributed by atoms with Gasteiger partial charge in [-0.05, 0) is 38.1 Å². The molecule has 0 amide bonds. The summed E-state index contributed by atoms with van der Waals surface area (Å²) < 4.78 is 12.1. The van der Waals surface area contributed by atoms with E-state index >= 15 is 0 Å². The number of carbonyl (C=O) groups excluding carboxylic acids is 1. The second-order valence-corrected chi connectivity index (χ2v) is 7.30. The minimum absolute atomic E-state index is 0.304. The van der Waals surface area contributed by atoms with E-state index in [1.54, 1.807) is 14.0 Å². The molecule has 7 heteroatoms. The van der Waals surface area contributed by atoms with E-state index in [1.807, 2.05) is 60.0 Å². The quantitative estimate of drug-likeness (QED) is 0.475. The first-order chi connectivity index (χ1) is 13.0. The third-order valence-electron chi connectivity index (χ3n) is 4.07. The number of nitrogens with zero attached hydrogens (tertiary/aromatic N) is 3. The predicted molar refractivity (Wildman–Crippen MR) is 105 cm³/mol. The highest BCUT2D eigenvalue weighted by molar-refractivity contribution is 8.00. The number of methoxy groups -OCH3 is 2. The van der Waals surface area contributed by atoms with Crippen LogP contribution in [0.25, 0.3) is 17.1 Å². The van der Waals surface area contributed by atoms with E-state index in [0.717, 1.165) is 22.6 Å². The van der Waals surface area contributed by atoms with Gasteiger partial charge in [0.2, 0.25) is 0 Å². The largest absolute Gasteiger partial charge is 0.497 e. The standard InChI is InChI=1S/C20H21N3O3S/c1-13-8-10-16(11-9-13)23-18(15-6-5-7-17(12-15)25-3)21-22-20(23)27-14(2)19(24)26-4/h5-12,14H,1-4H3. The molecule has 0 saturated carbocycles. The van der Waals surface area contributed by atoms with Gasteiger partial charge in [-0.15, -0.1) is 10.2 Å². The molecule has 2 aromatic carbocycles. The average molecular weight is 383 g/mol. The Hall–Kier alpha value is -2.80. The summed E-state index contributed by atoms with van der Waals surface area (Å²) in [4.78, 5) is 11.9. The van der Waals surface area contributed by atoms with E-state index in [1.165, 1.54) is 18.9 Å². The van der Waals surface area contributed by atoms with E-state index in [0.29, 0.717) is 11.0 Å². The van der Waals surface area contributed by atoms with Gasteiger partial charge in [-0.2, -0.15) is 0 Å². The number of hydrogen-bond acceptors (Lipinski definition) is 6. The lowest BCUT2D eigenvalue weighted by Crippen LogP contribution is -2.15. The molecule has 0 spiro atoms. The molecular weight excluding hydrogens is 362 g/mol. The van der Waals surface area contributed by atoms with Crippen LogP contribution in [0.1, 0.15) is 12.5 Å². The van der Waals surface area contributed by atoms with Crippen LogP contribution in [0.15, 0.2) is 53.7 Å². The molecule has 0 aliphatic heterocycles. The monoisotopic (exact) mass is 383 g/mol. The zero-order chi connectivity index (χ0) is 19.4. The van der Waals surface area contributed by atoms with Gasteiger partial charge < -0.3 is 9.47 Å². The molecule has 1 atom stereocenters. The van der Waals surface area contributed by atoms with Crippen LogP contribution in [0.3, 0.4) is 0 Å². The zero-order valence-electron chi connectivity index (χ0n) is 15.7. The average Bonchev–Trinajstić information content (AvgIpc) is 3.11. The molecule has 3 aromatic rings. The molecule has 1 unspecified atom stereocenters. The van der Waals surface area contributed by atoms with Crippen molar-refractivity contribution in [2.24, 2.45) is 0 Å². The Morgan fingerprint density at radius 3 is 2.52 bits per heavy atom. The smallest absolute Gasteiger partial charge is 0.318 e. The predicted octanol–water partition coefficient (Wildman–Crippen LogP) is 3.90. The topological polar surface area (TPSA) is 66.2 Å². The third-order valence-corrected chi connectivity index (χ3v) is 5.09. The van der Waals surface area contributed by atoms with Crippen molar-refractivity contribution in [2.45, 2.75) is 24.3 Å². The van der Waals surface area contributed by atoms with Crippen molar-refractivity contribution >= 4 is 17.7 Å². The van der Waals surface area contributed by atoms with Gasteiger partial charge in [0, 0.05) is 11.3 Å². The highest BCUT2D eigenvalue weighted by Gasteiger charge is 2.22. The Bertz CT molecular complexity index is 938. The van der Waals surface area contributed by atoms with Crippen molar-refractivity contribution in [3.63, 3.8) is 0 Å². The molecule has 6 nitrogen and oxygen atoms in total. The summed E-state index contributed by atoms with van der Waals surface area (Å²) in [5.74, 6) is 1.11. The van der Waals surface area contributed by atoms with Crippen LogP contribution in [0.2, 0.25) is 0 Å². The van der Waals surface area contributed by atoms with Gasteiger partial charge in [-0.3, -0.25) is 9.36 Å². The molecule has 27 heavy (non-hydrogen) atoms. The minimum atomic E-state index is -0.401. The lowest BCUT2D eigenvalue weighted by Gasteiger charge is -2.13. The van der Waals surface area contributed by atoms with Crippen molar-refractivity contribution in [1.82, 2.24) is 14.8 Å². The first-order valence-electron chi connectivity index (χ1n) is 8.45. The fourth-order valence-corrected chi connectivity index (χ4v) is 3.49. The molecule has 0 aliphatic rings. The summed E-state index contributed by atoms with van der Waals surface area (Å²) in [5, 5.41) is 8.93. The van der Waals surface area contributed by atoms with Gasteiger partial charge in [0.05, 0.1) is 14.2 Å². The summed E-state index contributed by atoms with van der Waals surface area (Å²) in [6, 6.07) is 15.7. The number of benzene rings is 2. The second kappa shape index (κ2) is 8.26. The molecular formula is C20H21N3O3S. The zero-order valence-corrected chi connectivity index (χ0v) is 16.5. The van der Waals surface area contributed by atoms with Crippen molar-refractivity contribution in [3.05, 3.63) is 54.1 Å². The van der Waals surface area contributed by atoms with Gasteiger partial charge in [-0.25, -0.2) is 0 Å². The highest BCUT2D eigenvalue weighted by Crippen LogP contribution is 2.31. The van der Waals surface area contributed by atoms with Gasteiger partial charge in [0.15, 0.2) is 11.0 Å². The molecule has 1 heterocycles. The Labute approximate surface area is 162 Å². The molecule has 140 valence electrons. The van der Waals surface area contributed by atoms with Gasteiger partial charge in [0.1, 0.15) is 11.0 Å². The maximum atomic E-state index is 11.9. The minimum Gasteiger partial charge on any atom is -0.497 e. The van der Waals surface area contributed by atoms with Crippen LogP contribution in [0.4, 0.5) is 0 Å². The fraction of sp³-hybridized carbons (Fsp3) is 0.250.